The van der Waals surface area contributed by atoms with Crippen molar-refractivity contribution in [1.82, 2.24) is 15.0 Å². The summed E-state index contributed by atoms with van der Waals surface area (Å²) in [6, 6.07) is 1.91. The van der Waals surface area contributed by atoms with Crippen LogP contribution in [0.5, 0.6) is 0 Å². The second-order valence-corrected chi connectivity index (χ2v) is 5.13. The lowest BCUT2D eigenvalue weighted by molar-refractivity contribution is 0.734. The molecule has 1 N–H and O–H groups in total. The summed E-state index contributed by atoms with van der Waals surface area (Å²) < 4.78 is 0. The largest absolute Gasteiger partial charge is 0.361 e. The van der Waals surface area contributed by atoms with Gasteiger partial charge in [-0.05, 0) is 6.42 Å². The molecule has 0 radical (unpaired) electrons. The highest BCUT2D eigenvalue weighted by atomic mass is 35.5. The highest BCUT2D eigenvalue weighted by Gasteiger charge is 2.13. The minimum atomic E-state index is 0.167. The normalized spacial score (nSPS) is 12.4. The Morgan fingerprint density at radius 1 is 1.39 bits per heavy atom. The summed E-state index contributed by atoms with van der Waals surface area (Å²) in [7, 11) is 0. The molecule has 0 bridgehead atoms. The molecular weight excluding hydrogens is 268 g/mol. The van der Waals surface area contributed by atoms with Crippen molar-refractivity contribution in [3.05, 3.63) is 33.6 Å². The predicted octanol–water partition coefficient (Wildman–Crippen LogP) is 3.71. The maximum atomic E-state index is 5.98. The molecule has 0 aromatic carbocycles. The SMILES string of the molecule is CCc1nc(Cl)cc(NC(CC)c2nccs2)n1. The molecule has 2 heterocycles. The Bertz CT molecular complexity index is 501. The first-order valence-electron chi connectivity index (χ1n) is 5.92. The Balaban J connectivity index is 2.19. The number of aryl methyl sites for hydroxylation is 1. The summed E-state index contributed by atoms with van der Waals surface area (Å²) in [6.07, 6.45) is 3.52. The van der Waals surface area contributed by atoms with E-state index in [1.54, 1.807) is 17.4 Å². The molecule has 0 aliphatic carbocycles. The van der Waals surface area contributed by atoms with Gasteiger partial charge in [0.05, 0.1) is 6.04 Å². The molecule has 96 valence electrons. The minimum absolute atomic E-state index is 0.167. The third kappa shape index (κ3) is 3.17. The molecule has 2 aromatic heterocycles. The van der Waals surface area contributed by atoms with Crippen LogP contribution in [0.4, 0.5) is 5.82 Å². The summed E-state index contributed by atoms with van der Waals surface area (Å²) in [5.41, 5.74) is 0. The second kappa shape index (κ2) is 6.11. The first kappa shape index (κ1) is 13.2. The monoisotopic (exact) mass is 282 g/mol. The van der Waals surface area contributed by atoms with Gasteiger partial charge in [-0.2, -0.15) is 0 Å². The van der Waals surface area contributed by atoms with Crippen molar-refractivity contribution in [2.75, 3.05) is 5.32 Å². The van der Waals surface area contributed by atoms with E-state index in [4.69, 9.17) is 11.6 Å². The van der Waals surface area contributed by atoms with E-state index in [-0.39, 0.29) is 6.04 Å². The summed E-state index contributed by atoms with van der Waals surface area (Å²) in [5.74, 6) is 1.51. The van der Waals surface area contributed by atoms with E-state index in [9.17, 15) is 0 Å². The highest BCUT2D eigenvalue weighted by Crippen LogP contribution is 2.24. The number of hydrogen-bond acceptors (Lipinski definition) is 5. The van der Waals surface area contributed by atoms with Gasteiger partial charge in [-0.15, -0.1) is 11.3 Å². The van der Waals surface area contributed by atoms with Crippen LogP contribution in [-0.4, -0.2) is 15.0 Å². The first-order chi connectivity index (χ1) is 8.72. The Morgan fingerprint density at radius 3 is 2.83 bits per heavy atom. The summed E-state index contributed by atoms with van der Waals surface area (Å²) in [6.45, 7) is 4.12. The van der Waals surface area contributed by atoms with Gasteiger partial charge in [-0.25, -0.2) is 15.0 Å². The van der Waals surface area contributed by atoms with Crippen molar-refractivity contribution in [2.24, 2.45) is 0 Å². The first-order valence-corrected chi connectivity index (χ1v) is 7.18. The molecule has 2 aromatic rings. The lowest BCUT2D eigenvalue weighted by atomic mass is 10.2. The van der Waals surface area contributed by atoms with Crippen LogP contribution in [0.2, 0.25) is 5.15 Å². The molecule has 18 heavy (non-hydrogen) atoms. The maximum Gasteiger partial charge on any atom is 0.134 e. The van der Waals surface area contributed by atoms with Gasteiger partial charge in [-0.3, -0.25) is 0 Å². The Kier molecular flexibility index (Phi) is 4.49. The van der Waals surface area contributed by atoms with E-state index in [1.165, 1.54) is 0 Å². The van der Waals surface area contributed by atoms with Gasteiger partial charge >= 0.3 is 0 Å². The number of rotatable bonds is 5. The molecule has 6 heteroatoms. The van der Waals surface area contributed by atoms with Crippen molar-refractivity contribution in [3.8, 4) is 0 Å². The Hall–Kier alpha value is -1.20. The maximum absolute atomic E-state index is 5.98. The number of anilines is 1. The summed E-state index contributed by atoms with van der Waals surface area (Å²) in [4.78, 5) is 12.9. The lowest BCUT2D eigenvalue weighted by Gasteiger charge is -2.15. The van der Waals surface area contributed by atoms with Crippen LogP contribution >= 0.6 is 22.9 Å². The van der Waals surface area contributed by atoms with Gasteiger partial charge in [0.2, 0.25) is 0 Å². The fraction of sp³-hybridized carbons (Fsp3) is 0.417. The zero-order valence-corrected chi connectivity index (χ0v) is 11.9. The predicted molar refractivity (Wildman–Crippen MR) is 75.2 cm³/mol. The number of nitrogens with one attached hydrogen (secondary N) is 1. The van der Waals surface area contributed by atoms with Crippen LogP contribution in [-0.2, 0) is 6.42 Å². The van der Waals surface area contributed by atoms with Gasteiger partial charge in [0.25, 0.3) is 0 Å². The molecule has 0 saturated heterocycles. The zero-order valence-electron chi connectivity index (χ0n) is 10.4. The molecule has 0 aliphatic rings. The second-order valence-electron chi connectivity index (χ2n) is 3.82. The molecule has 0 spiro atoms. The lowest BCUT2D eigenvalue weighted by Crippen LogP contribution is -2.11. The number of halogens is 1. The van der Waals surface area contributed by atoms with Crippen molar-refractivity contribution >= 4 is 28.8 Å². The smallest absolute Gasteiger partial charge is 0.134 e. The molecule has 0 aliphatic heterocycles. The molecule has 0 amide bonds. The van der Waals surface area contributed by atoms with Crippen LogP contribution in [0, 0.1) is 0 Å². The average molecular weight is 283 g/mol. The van der Waals surface area contributed by atoms with E-state index in [1.807, 2.05) is 18.5 Å². The number of thiazole rings is 1. The summed E-state index contributed by atoms with van der Waals surface area (Å²) >= 11 is 7.62. The third-order valence-electron chi connectivity index (χ3n) is 2.54. The highest BCUT2D eigenvalue weighted by molar-refractivity contribution is 7.09. The fourth-order valence-corrected chi connectivity index (χ4v) is 2.59. The summed E-state index contributed by atoms with van der Waals surface area (Å²) in [5, 5.41) is 6.87. The Morgan fingerprint density at radius 2 is 2.22 bits per heavy atom. The van der Waals surface area contributed by atoms with E-state index in [0.29, 0.717) is 5.15 Å². The van der Waals surface area contributed by atoms with Gasteiger partial charge < -0.3 is 5.32 Å². The van der Waals surface area contributed by atoms with Crippen LogP contribution in [0.1, 0.15) is 37.1 Å². The fourth-order valence-electron chi connectivity index (χ4n) is 1.62. The molecule has 1 atom stereocenters. The molecule has 1 unspecified atom stereocenters. The van der Waals surface area contributed by atoms with E-state index >= 15 is 0 Å². The topological polar surface area (TPSA) is 50.7 Å². The van der Waals surface area contributed by atoms with Gasteiger partial charge in [0.15, 0.2) is 0 Å². The van der Waals surface area contributed by atoms with E-state index in [0.717, 1.165) is 29.5 Å². The van der Waals surface area contributed by atoms with E-state index < -0.39 is 0 Å². The van der Waals surface area contributed by atoms with Gasteiger partial charge in [0, 0.05) is 24.1 Å². The molecule has 4 nitrogen and oxygen atoms in total. The molecular formula is C12H15ClN4S. The third-order valence-corrected chi connectivity index (χ3v) is 3.62. The van der Waals surface area contributed by atoms with Crippen molar-refractivity contribution < 1.29 is 0 Å². The average Bonchev–Trinajstić information content (AvgIpc) is 2.89. The minimum Gasteiger partial charge on any atom is -0.361 e. The molecule has 0 saturated carbocycles. The van der Waals surface area contributed by atoms with Crippen LogP contribution < -0.4 is 5.32 Å². The van der Waals surface area contributed by atoms with Crippen molar-refractivity contribution in [3.63, 3.8) is 0 Å². The van der Waals surface area contributed by atoms with Crippen LogP contribution in [0.25, 0.3) is 0 Å². The molecule has 0 fully saturated rings. The van der Waals surface area contributed by atoms with Gasteiger partial charge in [0.1, 0.15) is 21.8 Å². The van der Waals surface area contributed by atoms with Crippen LogP contribution in [0.3, 0.4) is 0 Å². The zero-order chi connectivity index (χ0) is 13.0. The number of aromatic nitrogens is 3. The standard InChI is InChI=1S/C12H15ClN4S/c1-3-8(12-14-5-6-18-12)15-11-7-9(13)16-10(4-2)17-11/h5-8H,3-4H2,1-2H3,(H,15,16,17). The van der Waals surface area contributed by atoms with E-state index in [2.05, 4.69) is 27.2 Å². The van der Waals surface area contributed by atoms with Crippen molar-refractivity contribution in [1.29, 1.82) is 0 Å². The van der Waals surface area contributed by atoms with Crippen molar-refractivity contribution in [2.45, 2.75) is 32.7 Å². The quantitative estimate of drug-likeness (QED) is 0.850. The van der Waals surface area contributed by atoms with Crippen LogP contribution in [0.15, 0.2) is 17.6 Å². The Labute approximate surface area is 115 Å². The number of hydrogen-bond donors (Lipinski definition) is 1. The number of nitrogens with zero attached hydrogens (tertiary/aromatic N) is 3. The van der Waals surface area contributed by atoms with Gasteiger partial charge in [-0.1, -0.05) is 25.4 Å². The molecule has 2 rings (SSSR count).